The molecule has 0 saturated heterocycles. The molecule has 1 aliphatic rings. The molecule has 4 N–H and O–H groups in total. The third-order valence-electron chi connectivity index (χ3n) is 6.56. The molecule has 1 aliphatic heterocycles. The van der Waals surface area contributed by atoms with E-state index in [9.17, 15) is 45.8 Å². The Morgan fingerprint density at radius 3 is 1.98 bits per heavy atom. The van der Waals surface area contributed by atoms with E-state index >= 15 is 0 Å². The summed E-state index contributed by atoms with van der Waals surface area (Å²) < 4.78 is 81.7. The smallest absolute Gasteiger partial charge is 0.450 e. The van der Waals surface area contributed by atoms with Crippen LogP contribution in [0.25, 0.3) is 22.5 Å². The summed E-state index contributed by atoms with van der Waals surface area (Å²) in [6.45, 7) is 1.40. The molecule has 47 heavy (non-hydrogen) atoms. The van der Waals surface area contributed by atoms with E-state index in [-0.39, 0.29) is 18.1 Å². The number of fused-ring (bicyclic) bond motifs is 1. The Balaban J connectivity index is 0.000000207. The molecule has 0 bridgehead atoms. The van der Waals surface area contributed by atoms with Crippen LogP contribution >= 0.6 is 0 Å². The number of hydrogen-bond donors (Lipinski definition) is 3. The number of hydrogen-bond acceptors (Lipinski definition) is 8. The van der Waals surface area contributed by atoms with E-state index in [0.717, 1.165) is 15.9 Å². The summed E-state index contributed by atoms with van der Waals surface area (Å²) in [6.07, 6.45) is -12.3. The summed E-state index contributed by atoms with van der Waals surface area (Å²) in [7, 11) is 3.25. The molecule has 17 heteroatoms. The average Bonchev–Trinajstić information content (AvgIpc) is 3.52. The van der Waals surface area contributed by atoms with Gasteiger partial charge in [0.15, 0.2) is 5.60 Å². The van der Waals surface area contributed by atoms with Crippen LogP contribution in [0.5, 0.6) is 0 Å². The molecule has 5 rings (SSSR count). The number of halogens is 6. The number of aryl methyl sites for hydroxylation is 2. The van der Waals surface area contributed by atoms with E-state index in [4.69, 9.17) is 5.73 Å². The zero-order valence-corrected chi connectivity index (χ0v) is 25.2. The number of nitrogens with zero attached hydrogens (tertiary/aromatic N) is 4. The summed E-state index contributed by atoms with van der Waals surface area (Å²) >= 11 is 0. The number of carbonyl (C=O) groups excluding carboxylic acids is 3. The van der Waals surface area contributed by atoms with Gasteiger partial charge >= 0.3 is 18.3 Å². The molecule has 0 spiro atoms. The first-order valence-corrected chi connectivity index (χ1v) is 13.7. The van der Waals surface area contributed by atoms with Gasteiger partial charge in [-0.3, -0.25) is 23.7 Å². The number of aromatic nitrogens is 4. The van der Waals surface area contributed by atoms with Gasteiger partial charge in [-0.2, -0.15) is 36.5 Å². The van der Waals surface area contributed by atoms with Crippen LogP contribution in [0.4, 0.5) is 38.0 Å². The van der Waals surface area contributed by atoms with Crippen LogP contribution in [0.2, 0.25) is 0 Å². The number of benzene rings is 2. The van der Waals surface area contributed by atoms with Crippen LogP contribution in [0.1, 0.15) is 25.3 Å². The van der Waals surface area contributed by atoms with Crippen LogP contribution in [-0.4, -0.2) is 61.3 Å². The number of ketones is 1. The second-order valence-electron chi connectivity index (χ2n) is 9.99. The molecule has 3 heterocycles. The van der Waals surface area contributed by atoms with Crippen molar-refractivity contribution < 1.29 is 50.6 Å². The number of nitrogens with two attached hydrogens (primary N) is 1. The number of Topliss-reactive ketones (excluding diaryl/α,β-unsaturated/α-hetero) is 1. The predicted molar refractivity (Wildman–Crippen MR) is 157 cm³/mol. The lowest BCUT2D eigenvalue weighted by Gasteiger charge is -2.34. The summed E-state index contributed by atoms with van der Waals surface area (Å²) in [5.41, 5.74) is 4.43. The minimum Gasteiger partial charge on any atom is -0.466 e. The highest BCUT2D eigenvalue weighted by Crippen LogP contribution is 2.50. The van der Waals surface area contributed by atoms with Crippen LogP contribution in [0, 0.1) is 0 Å². The van der Waals surface area contributed by atoms with E-state index in [2.05, 4.69) is 20.3 Å². The predicted octanol–water partition coefficient (Wildman–Crippen LogP) is 4.92. The standard InChI is InChI=1S/C14H12F3N3O2.C10H11N3.C6H7F3O3/c1-20-12-10(11(19-20)8-5-3-2-4-6-8)13(22,14(15,16)17)7-9(21)18-12;1-13-10(11)7-9(12-13)8-5-3-2-4-6-8;1-2-12-5(11)3-4(10)6(7,8)9/h2-6,22H,7H2,1H3,(H,18,21);2-7H,11H2,1H3;2-3H2,1H3. The Bertz CT molecular complexity index is 1680. The van der Waals surface area contributed by atoms with Crippen molar-refractivity contribution in [3.63, 3.8) is 0 Å². The Kier molecular flexibility index (Phi) is 11.2. The number of nitrogen functional groups attached to an aromatic ring is 1. The van der Waals surface area contributed by atoms with Gasteiger partial charge in [0, 0.05) is 31.3 Å². The molecule has 0 fully saturated rings. The number of carbonyl (C=O) groups is 3. The third kappa shape index (κ3) is 8.75. The highest BCUT2D eigenvalue weighted by atomic mass is 19.4. The first kappa shape index (κ1) is 36.3. The maximum atomic E-state index is 13.4. The van der Waals surface area contributed by atoms with Gasteiger partial charge in [-0.25, -0.2) is 0 Å². The molecule has 2 aromatic heterocycles. The minimum atomic E-state index is -4.99. The van der Waals surface area contributed by atoms with Gasteiger partial charge < -0.3 is 20.9 Å². The van der Waals surface area contributed by atoms with Gasteiger partial charge in [0.05, 0.1) is 24.3 Å². The van der Waals surface area contributed by atoms with Crippen LogP contribution in [0.3, 0.4) is 0 Å². The van der Waals surface area contributed by atoms with Crippen molar-refractivity contribution in [1.82, 2.24) is 19.6 Å². The van der Waals surface area contributed by atoms with Crippen LogP contribution < -0.4 is 11.1 Å². The fourth-order valence-electron chi connectivity index (χ4n) is 4.27. The molecule has 0 aliphatic carbocycles. The van der Waals surface area contributed by atoms with Crippen molar-refractivity contribution >= 4 is 29.3 Å². The molecule has 252 valence electrons. The SMILES string of the molecule is CCOC(=O)CC(=O)C(F)(F)F.Cn1nc(-c2ccccc2)c2c1NC(=O)CC2(O)C(F)(F)F.Cn1nc(-c2ccccc2)cc1N. The summed E-state index contributed by atoms with van der Waals surface area (Å²) in [5, 5.41) is 20.9. The van der Waals surface area contributed by atoms with Crippen molar-refractivity contribution in [2.75, 3.05) is 17.7 Å². The van der Waals surface area contributed by atoms with E-state index in [1.165, 1.54) is 14.0 Å². The first-order chi connectivity index (χ1) is 21.9. The molecular weight excluding hydrogens is 638 g/mol. The lowest BCUT2D eigenvalue weighted by Crippen LogP contribution is -2.48. The number of alkyl halides is 6. The van der Waals surface area contributed by atoms with Gasteiger partial charge in [-0.05, 0) is 6.92 Å². The molecule has 0 radical (unpaired) electrons. The van der Waals surface area contributed by atoms with E-state index in [1.807, 2.05) is 43.4 Å². The number of nitrogens with one attached hydrogen (secondary N) is 1. The van der Waals surface area contributed by atoms with Crippen molar-refractivity contribution in [3.8, 4) is 22.5 Å². The quantitative estimate of drug-likeness (QED) is 0.154. The van der Waals surface area contributed by atoms with Gasteiger partial charge in [-0.1, -0.05) is 60.7 Å². The second-order valence-corrected chi connectivity index (χ2v) is 9.99. The Hall–Kier alpha value is -5.19. The average molecular weight is 669 g/mol. The van der Waals surface area contributed by atoms with Gasteiger partial charge in [-0.15, -0.1) is 0 Å². The molecular formula is C30H30F6N6O5. The van der Waals surface area contributed by atoms with Gasteiger partial charge in [0.1, 0.15) is 23.8 Å². The monoisotopic (exact) mass is 668 g/mol. The maximum Gasteiger partial charge on any atom is 0.450 e. The minimum absolute atomic E-state index is 0.00192. The molecule has 4 aromatic rings. The zero-order valence-electron chi connectivity index (χ0n) is 25.2. The Morgan fingerprint density at radius 1 is 0.957 bits per heavy atom. The lowest BCUT2D eigenvalue weighted by atomic mass is 9.85. The van der Waals surface area contributed by atoms with E-state index in [1.54, 1.807) is 35.0 Å². The second kappa shape index (κ2) is 14.5. The largest absolute Gasteiger partial charge is 0.466 e. The Morgan fingerprint density at radius 2 is 1.51 bits per heavy atom. The number of amides is 1. The fraction of sp³-hybridized carbons (Fsp3) is 0.300. The fourth-order valence-corrected chi connectivity index (χ4v) is 4.27. The van der Waals surface area contributed by atoms with Crippen LogP contribution in [-0.2, 0) is 38.8 Å². The van der Waals surface area contributed by atoms with Crippen molar-refractivity contribution in [3.05, 3.63) is 72.3 Å². The Labute approximate surface area is 263 Å². The van der Waals surface area contributed by atoms with Crippen molar-refractivity contribution in [2.24, 2.45) is 14.1 Å². The number of rotatable bonds is 5. The topological polar surface area (TPSA) is 154 Å². The van der Waals surface area contributed by atoms with E-state index in [0.29, 0.717) is 11.4 Å². The molecule has 1 amide bonds. The number of ether oxygens (including phenoxy) is 1. The summed E-state index contributed by atoms with van der Waals surface area (Å²) in [4.78, 5) is 32.1. The van der Waals surface area contributed by atoms with Gasteiger partial charge in [0.25, 0.3) is 0 Å². The van der Waals surface area contributed by atoms with E-state index < -0.39 is 54.0 Å². The van der Waals surface area contributed by atoms with Crippen molar-refractivity contribution in [1.29, 1.82) is 0 Å². The van der Waals surface area contributed by atoms with Crippen LogP contribution in [0.15, 0.2) is 66.7 Å². The lowest BCUT2D eigenvalue weighted by molar-refractivity contribution is -0.267. The number of esters is 1. The molecule has 1 unspecified atom stereocenters. The highest BCUT2D eigenvalue weighted by Gasteiger charge is 2.61. The summed E-state index contributed by atoms with van der Waals surface area (Å²) in [6, 6.07) is 20.1. The van der Waals surface area contributed by atoms with Crippen molar-refractivity contribution in [2.45, 2.75) is 37.7 Å². The zero-order chi connectivity index (χ0) is 35.2. The highest BCUT2D eigenvalue weighted by molar-refractivity contribution is 5.98. The number of anilines is 2. The molecule has 0 saturated carbocycles. The molecule has 1 atom stereocenters. The third-order valence-corrected chi connectivity index (χ3v) is 6.56. The maximum absolute atomic E-state index is 13.4. The number of aliphatic hydroxyl groups is 1. The molecule has 11 nitrogen and oxygen atoms in total. The first-order valence-electron chi connectivity index (χ1n) is 13.7. The summed E-state index contributed by atoms with van der Waals surface area (Å²) in [5.74, 6) is -3.61. The normalized spacial score (nSPS) is 15.7. The molecule has 2 aromatic carbocycles. The van der Waals surface area contributed by atoms with Gasteiger partial charge in [0.2, 0.25) is 11.7 Å².